The molecule has 1 aliphatic rings. The summed E-state index contributed by atoms with van der Waals surface area (Å²) in [4.78, 5) is 38.4. The number of nitrogens with one attached hydrogen (secondary N) is 1. The molecule has 1 fully saturated rings. The molecule has 1 rings (SSSR count). The average Bonchev–Trinajstić information content (AvgIpc) is 2.44. The van der Waals surface area contributed by atoms with Crippen LogP contribution in [0.2, 0.25) is 0 Å². The highest BCUT2D eigenvalue weighted by Gasteiger charge is 2.29. The van der Waals surface area contributed by atoms with E-state index >= 15 is 0 Å². The highest BCUT2D eigenvalue weighted by Crippen LogP contribution is 2.20. The largest absolute Gasteiger partial charge is 0.444 e. The maximum absolute atomic E-state index is 12.1. The number of nitrogens with zero attached hydrogens (tertiary/aromatic N) is 2. The summed E-state index contributed by atoms with van der Waals surface area (Å²) < 4.78 is 5.36. The van der Waals surface area contributed by atoms with E-state index in [0.29, 0.717) is 13.1 Å². The zero-order valence-electron chi connectivity index (χ0n) is 15.3. The van der Waals surface area contributed by atoms with Crippen molar-refractivity contribution in [1.29, 1.82) is 0 Å². The maximum atomic E-state index is 12.1. The minimum absolute atomic E-state index is 0.250. The van der Waals surface area contributed by atoms with Crippen molar-refractivity contribution in [2.24, 2.45) is 11.7 Å². The van der Waals surface area contributed by atoms with E-state index in [1.807, 2.05) is 25.7 Å². The maximum Gasteiger partial charge on any atom is 0.410 e. The highest BCUT2D eigenvalue weighted by molar-refractivity contribution is 5.96. The van der Waals surface area contributed by atoms with Crippen LogP contribution < -0.4 is 11.1 Å². The Morgan fingerprint density at radius 1 is 1.38 bits per heavy atom. The van der Waals surface area contributed by atoms with Crippen LogP contribution in [-0.2, 0) is 9.53 Å². The molecule has 1 aliphatic heterocycles. The SMILES string of the molecule is C[C@H](C(=O)NC(N)=O)N1CCC[C@H](CN(C)C(=O)OC(C)(C)C)C1. The van der Waals surface area contributed by atoms with Gasteiger partial charge in [0, 0.05) is 20.1 Å². The molecular formula is C16H30N4O4. The van der Waals surface area contributed by atoms with Gasteiger partial charge in [-0.05, 0) is 53.0 Å². The number of carbonyl (C=O) groups is 3. The van der Waals surface area contributed by atoms with Crippen LogP contribution in [0.4, 0.5) is 9.59 Å². The van der Waals surface area contributed by atoms with Crippen molar-refractivity contribution in [2.75, 3.05) is 26.7 Å². The number of piperidine rings is 1. The van der Waals surface area contributed by atoms with Gasteiger partial charge in [0.2, 0.25) is 5.91 Å². The predicted molar refractivity (Wildman–Crippen MR) is 90.3 cm³/mol. The quantitative estimate of drug-likeness (QED) is 0.797. The second-order valence-electron chi connectivity index (χ2n) is 7.39. The van der Waals surface area contributed by atoms with Crippen LogP contribution in [0, 0.1) is 5.92 Å². The highest BCUT2D eigenvalue weighted by atomic mass is 16.6. The van der Waals surface area contributed by atoms with E-state index in [1.54, 1.807) is 18.9 Å². The van der Waals surface area contributed by atoms with Gasteiger partial charge in [-0.1, -0.05) is 0 Å². The summed E-state index contributed by atoms with van der Waals surface area (Å²) in [7, 11) is 1.72. The molecule has 3 N–H and O–H groups in total. The Morgan fingerprint density at radius 2 is 2.00 bits per heavy atom. The molecule has 8 nitrogen and oxygen atoms in total. The standard InChI is InChI=1S/C16H30N4O4/c1-11(13(21)18-14(17)22)20-8-6-7-12(10-20)9-19(5)15(23)24-16(2,3)4/h11-12H,6-10H2,1-5H3,(H3,17,18,21,22)/t11-,12-/m1/s1. The lowest BCUT2D eigenvalue weighted by Gasteiger charge is -2.37. The summed E-state index contributed by atoms with van der Waals surface area (Å²) >= 11 is 0. The number of hydrogen-bond acceptors (Lipinski definition) is 5. The van der Waals surface area contributed by atoms with Crippen molar-refractivity contribution in [1.82, 2.24) is 15.1 Å². The van der Waals surface area contributed by atoms with E-state index in [9.17, 15) is 14.4 Å². The molecule has 8 heteroatoms. The minimum atomic E-state index is -0.843. The van der Waals surface area contributed by atoms with E-state index in [0.717, 1.165) is 19.4 Å². The van der Waals surface area contributed by atoms with Crippen molar-refractivity contribution in [2.45, 2.75) is 52.2 Å². The molecule has 0 aliphatic carbocycles. The van der Waals surface area contributed by atoms with Crippen LogP contribution in [0.15, 0.2) is 0 Å². The molecule has 0 aromatic carbocycles. The number of ether oxygens (including phenoxy) is 1. The Bertz CT molecular complexity index is 475. The molecule has 138 valence electrons. The van der Waals surface area contributed by atoms with Crippen molar-refractivity contribution in [3.05, 3.63) is 0 Å². The van der Waals surface area contributed by atoms with Gasteiger partial charge < -0.3 is 15.4 Å². The topological polar surface area (TPSA) is 105 Å². The summed E-state index contributed by atoms with van der Waals surface area (Å²) in [6.07, 6.45) is 1.56. The molecule has 0 spiro atoms. The van der Waals surface area contributed by atoms with E-state index < -0.39 is 23.6 Å². The van der Waals surface area contributed by atoms with Crippen molar-refractivity contribution in [3.63, 3.8) is 0 Å². The number of likely N-dealkylation sites (tertiary alicyclic amines) is 1. The van der Waals surface area contributed by atoms with Crippen molar-refractivity contribution in [3.8, 4) is 0 Å². The predicted octanol–water partition coefficient (Wildman–Crippen LogP) is 1.15. The normalized spacial score (nSPS) is 20.1. The van der Waals surface area contributed by atoms with Gasteiger partial charge in [0.1, 0.15) is 5.60 Å². The van der Waals surface area contributed by atoms with Gasteiger partial charge >= 0.3 is 12.1 Å². The molecule has 4 amide bonds. The third-order valence-corrected chi connectivity index (χ3v) is 3.96. The van der Waals surface area contributed by atoms with Gasteiger partial charge in [-0.25, -0.2) is 9.59 Å². The number of imide groups is 1. The number of carbonyl (C=O) groups excluding carboxylic acids is 3. The number of nitrogens with two attached hydrogens (primary N) is 1. The van der Waals surface area contributed by atoms with Crippen molar-refractivity contribution < 1.29 is 19.1 Å². The third kappa shape index (κ3) is 6.74. The zero-order valence-corrected chi connectivity index (χ0v) is 15.3. The van der Waals surface area contributed by atoms with E-state index in [1.165, 1.54) is 0 Å². The van der Waals surface area contributed by atoms with Crippen molar-refractivity contribution >= 4 is 18.0 Å². The van der Waals surface area contributed by atoms with Crippen LogP contribution in [0.5, 0.6) is 0 Å². The molecule has 1 saturated heterocycles. The first-order valence-electron chi connectivity index (χ1n) is 8.28. The minimum Gasteiger partial charge on any atom is -0.444 e. The molecule has 0 aromatic rings. The van der Waals surface area contributed by atoms with Gasteiger partial charge in [0.15, 0.2) is 0 Å². The molecule has 0 unspecified atom stereocenters. The lowest BCUT2D eigenvalue weighted by atomic mass is 9.96. The lowest BCUT2D eigenvalue weighted by molar-refractivity contribution is -0.125. The first kappa shape index (κ1) is 20.2. The Balaban J connectivity index is 2.55. The van der Waals surface area contributed by atoms with Crippen LogP contribution >= 0.6 is 0 Å². The molecule has 1 heterocycles. The monoisotopic (exact) mass is 342 g/mol. The van der Waals surface area contributed by atoms with Crippen LogP contribution in [0.3, 0.4) is 0 Å². The molecule has 0 bridgehead atoms. The molecule has 0 saturated carbocycles. The summed E-state index contributed by atoms with van der Waals surface area (Å²) in [5.74, 6) is -0.149. The fourth-order valence-electron chi connectivity index (χ4n) is 2.79. The van der Waals surface area contributed by atoms with E-state index in [4.69, 9.17) is 10.5 Å². The Labute approximate surface area is 143 Å². The fourth-order valence-corrected chi connectivity index (χ4v) is 2.79. The smallest absolute Gasteiger partial charge is 0.410 e. The van der Waals surface area contributed by atoms with Crippen LogP contribution in [0.25, 0.3) is 0 Å². The first-order chi connectivity index (χ1) is 11.0. The second-order valence-corrected chi connectivity index (χ2v) is 7.39. The van der Waals surface area contributed by atoms with Gasteiger partial charge in [0.25, 0.3) is 0 Å². The van der Waals surface area contributed by atoms with Gasteiger partial charge in [-0.3, -0.25) is 15.0 Å². The first-order valence-corrected chi connectivity index (χ1v) is 8.28. The van der Waals surface area contributed by atoms with Crippen LogP contribution in [0.1, 0.15) is 40.5 Å². The van der Waals surface area contributed by atoms with Gasteiger partial charge in [-0.2, -0.15) is 0 Å². The van der Waals surface area contributed by atoms with Crippen LogP contribution in [-0.4, -0.2) is 66.2 Å². The summed E-state index contributed by atoms with van der Waals surface area (Å²) in [6.45, 7) is 9.27. The second kappa shape index (κ2) is 8.32. The summed E-state index contributed by atoms with van der Waals surface area (Å²) in [5, 5.41) is 2.11. The lowest BCUT2D eigenvalue weighted by Crippen LogP contribution is -2.52. The number of urea groups is 1. The number of amides is 4. The zero-order chi connectivity index (χ0) is 18.5. The molecule has 2 atom stereocenters. The molecule has 0 aromatic heterocycles. The van der Waals surface area contributed by atoms with Gasteiger partial charge in [0.05, 0.1) is 6.04 Å². The molecule has 0 radical (unpaired) electrons. The number of rotatable bonds is 4. The van der Waals surface area contributed by atoms with E-state index in [-0.39, 0.29) is 12.0 Å². The Hall–Kier alpha value is -1.83. The van der Waals surface area contributed by atoms with Gasteiger partial charge in [-0.15, -0.1) is 0 Å². The number of primary amides is 1. The molecule has 24 heavy (non-hydrogen) atoms. The Kier molecular flexibility index (Phi) is 7.01. The average molecular weight is 342 g/mol. The molecular weight excluding hydrogens is 312 g/mol. The van der Waals surface area contributed by atoms with E-state index in [2.05, 4.69) is 5.32 Å². The third-order valence-electron chi connectivity index (χ3n) is 3.96. The number of hydrogen-bond donors (Lipinski definition) is 2. The summed E-state index contributed by atoms with van der Waals surface area (Å²) in [6, 6.07) is -1.28. The fraction of sp³-hybridized carbons (Fsp3) is 0.812. The summed E-state index contributed by atoms with van der Waals surface area (Å²) in [5.41, 5.74) is 4.47. The Morgan fingerprint density at radius 3 is 2.54 bits per heavy atom.